The van der Waals surface area contributed by atoms with Crippen molar-refractivity contribution in [2.75, 3.05) is 19.6 Å². The van der Waals surface area contributed by atoms with Gasteiger partial charge in [-0.25, -0.2) is 4.39 Å². The Hall–Kier alpha value is -1.93. The minimum Gasteiger partial charge on any atom is -0.508 e. The van der Waals surface area contributed by atoms with Gasteiger partial charge in [0.2, 0.25) is 0 Å². The number of rotatable bonds is 2. The third-order valence-corrected chi connectivity index (χ3v) is 6.66. The minimum atomic E-state index is -0.634. The van der Waals surface area contributed by atoms with Crippen molar-refractivity contribution < 1.29 is 14.3 Å². The fourth-order valence-electron chi connectivity index (χ4n) is 3.91. The molecule has 5 nitrogen and oxygen atoms in total. The summed E-state index contributed by atoms with van der Waals surface area (Å²) in [5, 5.41) is 13.9. The zero-order valence-corrected chi connectivity index (χ0v) is 17.6. The van der Waals surface area contributed by atoms with Crippen molar-refractivity contribution in [3.05, 3.63) is 46.9 Å². The predicted octanol–water partition coefficient (Wildman–Crippen LogP) is 4.46. The van der Waals surface area contributed by atoms with E-state index >= 15 is 0 Å². The lowest BCUT2D eigenvalue weighted by atomic mass is 9.99. The average molecular weight is 454 g/mol. The average Bonchev–Trinajstić information content (AvgIpc) is 3.21. The number of amides is 1. The number of benzene rings is 2. The number of aromatic nitrogens is 1. The molecule has 1 spiro atoms. The molecule has 0 radical (unpaired) electrons. The van der Waals surface area contributed by atoms with Crippen LogP contribution in [0.3, 0.4) is 0 Å². The summed E-state index contributed by atoms with van der Waals surface area (Å²) >= 11 is 7.46. The fourth-order valence-corrected chi connectivity index (χ4v) is 4.95. The quantitative estimate of drug-likeness (QED) is 0.600. The number of piperazine rings is 1. The standard InChI is InChI=1S/C20H17ClFN3O2S.ClH/c21-15-7-13(26)8-16(22)17(15)11-5-12-9-24-28-18(12)14(6-11)19(27)25-4-3-23-20(10-25)1-2-20;/h5-9,23,26H,1-4,10H2;1H. The molecule has 1 amide bonds. The van der Waals surface area contributed by atoms with Gasteiger partial charge in [-0.2, -0.15) is 4.37 Å². The van der Waals surface area contributed by atoms with Crippen molar-refractivity contribution >= 4 is 51.5 Å². The molecule has 152 valence electrons. The van der Waals surface area contributed by atoms with Crippen LogP contribution in [0.4, 0.5) is 4.39 Å². The molecule has 29 heavy (non-hydrogen) atoms. The lowest BCUT2D eigenvalue weighted by molar-refractivity contribution is 0.0693. The van der Waals surface area contributed by atoms with E-state index in [9.17, 15) is 14.3 Å². The number of hydrogen-bond acceptors (Lipinski definition) is 5. The highest BCUT2D eigenvalue weighted by atomic mass is 35.5. The lowest BCUT2D eigenvalue weighted by Gasteiger charge is -2.34. The zero-order chi connectivity index (χ0) is 19.5. The molecule has 2 aromatic carbocycles. The molecular weight excluding hydrogens is 436 g/mol. The Labute approximate surface area is 182 Å². The number of nitrogens with zero attached hydrogens (tertiary/aromatic N) is 2. The lowest BCUT2D eigenvalue weighted by Crippen LogP contribution is -2.54. The molecular formula is C20H18Cl2FN3O2S. The van der Waals surface area contributed by atoms with Crippen LogP contribution in [0.25, 0.3) is 21.2 Å². The zero-order valence-electron chi connectivity index (χ0n) is 15.2. The van der Waals surface area contributed by atoms with Crippen LogP contribution in [-0.2, 0) is 0 Å². The second-order valence-electron chi connectivity index (χ2n) is 7.49. The number of nitrogens with one attached hydrogen (secondary N) is 1. The van der Waals surface area contributed by atoms with Crippen LogP contribution in [0, 0.1) is 5.82 Å². The van der Waals surface area contributed by atoms with Gasteiger partial charge < -0.3 is 15.3 Å². The number of carbonyl (C=O) groups excluding carboxylic acids is 1. The monoisotopic (exact) mass is 453 g/mol. The van der Waals surface area contributed by atoms with Gasteiger partial charge in [-0.3, -0.25) is 4.79 Å². The Morgan fingerprint density at radius 3 is 2.83 bits per heavy atom. The fraction of sp³-hybridized carbons (Fsp3) is 0.300. The Kier molecular flexibility index (Phi) is 5.19. The van der Waals surface area contributed by atoms with Gasteiger partial charge >= 0.3 is 0 Å². The minimum absolute atomic E-state index is 0. The number of phenolic OH excluding ortho intramolecular Hbond substituents is 1. The molecule has 5 rings (SSSR count). The van der Waals surface area contributed by atoms with Gasteiger partial charge in [-0.05, 0) is 48.1 Å². The molecule has 0 unspecified atom stereocenters. The van der Waals surface area contributed by atoms with Gasteiger partial charge in [0.15, 0.2) is 0 Å². The van der Waals surface area contributed by atoms with Crippen molar-refractivity contribution in [1.82, 2.24) is 14.6 Å². The summed E-state index contributed by atoms with van der Waals surface area (Å²) in [4.78, 5) is 15.2. The van der Waals surface area contributed by atoms with Crippen molar-refractivity contribution in [3.63, 3.8) is 0 Å². The van der Waals surface area contributed by atoms with E-state index in [0.717, 1.165) is 35.5 Å². The van der Waals surface area contributed by atoms with Crippen LogP contribution in [-0.4, -0.2) is 45.5 Å². The van der Waals surface area contributed by atoms with Gasteiger partial charge in [-0.15, -0.1) is 12.4 Å². The normalized spacial score (nSPS) is 17.4. The maximum Gasteiger partial charge on any atom is 0.255 e. The van der Waals surface area contributed by atoms with Crippen LogP contribution in [0.1, 0.15) is 23.2 Å². The molecule has 9 heteroatoms. The van der Waals surface area contributed by atoms with E-state index < -0.39 is 5.82 Å². The number of phenols is 1. The molecule has 1 saturated heterocycles. The third-order valence-electron chi connectivity index (χ3n) is 5.52. The van der Waals surface area contributed by atoms with E-state index in [1.807, 2.05) is 4.90 Å². The van der Waals surface area contributed by atoms with Crippen molar-refractivity contribution in [2.45, 2.75) is 18.4 Å². The number of halogens is 3. The first kappa shape index (κ1) is 20.3. The van der Waals surface area contributed by atoms with Crippen LogP contribution < -0.4 is 5.32 Å². The van der Waals surface area contributed by atoms with E-state index in [-0.39, 0.29) is 40.2 Å². The smallest absolute Gasteiger partial charge is 0.255 e. The summed E-state index contributed by atoms with van der Waals surface area (Å²) in [6, 6.07) is 5.78. The first-order valence-corrected chi connectivity index (χ1v) is 10.2. The molecule has 2 N–H and O–H groups in total. The topological polar surface area (TPSA) is 65.5 Å². The molecule has 1 aromatic heterocycles. The second kappa shape index (κ2) is 7.40. The van der Waals surface area contributed by atoms with E-state index in [2.05, 4.69) is 9.69 Å². The van der Waals surface area contributed by atoms with Gasteiger partial charge in [0.1, 0.15) is 11.6 Å². The molecule has 3 aromatic rings. The summed E-state index contributed by atoms with van der Waals surface area (Å²) in [5.74, 6) is -0.944. The molecule has 0 bridgehead atoms. The van der Waals surface area contributed by atoms with Crippen molar-refractivity contribution in [2.24, 2.45) is 0 Å². The van der Waals surface area contributed by atoms with E-state index in [1.54, 1.807) is 18.3 Å². The number of carbonyl (C=O) groups is 1. The molecule has 1 saturated carbocycles. The highest BCUT2D eigenvalue weighted by Gasteiger charge is 2.46. The Morgan fingerprint density at radius 2 is 2.10 bits per heavy atom. The Balaban J connectivity index is 0.00000205. The second-order valence-corrected chi connectivity index (χ2v) is 8.70. The predicted molar refractivity (Wildman–Crippen MR) is 115 cm³/mol. The SMILES string of the molecule is Cl.O=C(c1cc(-c2c(F)cc(O)cc2Cl)cc2cnsc12)N1CCNC2(CC2)C1. The Morgan fingerprint density at radius 1 is 1.31 bits per heavy atom. The first-order chi connectivity index (χ1) is 13.5. The van der Waals surface area contributed by atoms with Gasteiger partial charge in [-0.1, -0.05) is 11.6 Å². The summed E-state index contributed by atoms with van der Waals surface area (Å²) in [6.45, 7) is 2.10. The molecule has 2 heterocycles. The van der Waals surface area contributed by atoms with Crippen molar-refractivity contribution in [3.8, 4) is 16.9 Å². The molecule has 2 fully saturated rings. The number of hydrogen-bond donors (Lipinski definition) is 2. The highest BCUT2D eigenvalue weighted by Crippen LogP contribution is 2.40. The van der Waals surface area contributed by atoms with E-state index in [1.165, 1.54) is 17.6 Å². The third kappa shape index (κ3) is 3.57. The van der Waals surface area contributed by atoms with Gasteiger partial charge in [0.25, 0.3) is 5.91 Å². The van der Waals surface area contributed by atoms with Crippen molar-refractivity contribution in [1.29, 1.82) is 0 Å². The maximum atomic E-state index is 14.6. The van der Waals surface area contributed by atoms with Gasteiger partial charge in [0, 0.05) is 48.4 Å². The largest absolute Gasteiger partial charge is 0.508 e. The Bertz CT molecular complexity index is 1090. The highest BCUT2D eigenvalue weighted by molar-refractivity contribution is 7.13. The van der Waals surface area contributed by atoms with Crippen LogP contribution in [0.5, 0.6) is 5.75 Å². The molecule has 2 aliphatic rings. The molecule has 1 aliphatic carbocycles. The number of aromatic hydroxyl groups is 1. The summed E-state index contributed by atoms with van der Waals surface area (Å²) in [7, 11) is 0. The summed E-state index contributed by atoms with van der Waals surface area (Å²) in [5.41, 5.74) is 1.25. The first-order valence-electron chi connectivity index (χ1n) is 9.07. The van der Waals surface area contributed by atoms with E-state index in [4.69, 9.17) is 11.6 Å². The van der Waals surface area contributed by atoms with E-state index in [0.29, 0.717) is 24.2 Å². The number of fused-ring (bicyclic) bond motifs is 1. The summed E-state index contributed by atoms with van der Waals surface area (Å²) in [6.07, 6.45) is 3.84. The van der Waals surface area contributed by atoms with Crippen LogP contribution in [0.2, 0.25) is 5.02 Å². The van der Waals surface area contributed by atoms with Gasteiger partial charge in [0.05, 0.1) is 15.3 Å². The molecule has 1 aliphatic heterocycles. The maximum absolute atomic E-state index is 14.6. The van der Waals surface area contributed by atoms with Crippen LogP contribution >= 0.6 is 35.5 Å². The van der Waals surface area contributed by atoms with Crippen LogP contribution in [0.15, 0.2) is 30.5 Å². The summed E-state index contributed by atoms with van der Waals surface area (Å²) < 4.78 is 19.6. The molecule has 0 atom stereocenters.